The van der Waals surface area contributed by atoms with Gasteiger partial charge in [0.25, 0.3) is 0 Å². The molecule has 0 aliphatic heterocycles. The van der Waals surface area contributed by atoms with Gasteiger partial charge in [0.15, 0.2) is 0 Å². The van der Waals surface area contributed by atoms with Gasteiger partial charge in [-0.2, -0.15) is 0 Å². The Morgan fingerprint density at radius 2 is 1.86 bits per heavy atom. The molecule has 0 saturated heterocycles. The van der Waals surface area contributed by atoms with Crippen LogP contribution in [0.2, 0.25) is 0 Å². The molecule has 2 N–H and O–H groups in total. The van der Waals surface area contributed by atoms with Gasteiger partial charge in [0.05, 0.1) is 13.0 Å². The van der Waals surface area contributed by atoms with E-state index in [-0.39, 0.29) is 6.42 Å². The molecule has 0 saturated carbocycles. The molecule has 0 fully saturated rings. The fourth-order valence-electron chi connectivity index (χ4n) is 1.91. The van der Waals surface area contributed by atoms with E-state index in [2.05, 4.69) is 22.0 Å². The molecule has 4 nitrogen and oxygen atoms in total. The summed E-state index contributed by atoms with van der Waals surface area (Å²) in [7, 11) is 0. The molecule has 2 aromatic carbocycles. The maximum atomic E-state index is 11.0. The van der Waals surface area contributed by atoms with Crippen LogP contribution in [0, 0.1) is 0 Å². The highest BCUT2D eigenvalue weighted by molar-refractivity contribution is 9.10. The van der Waals surface area contributed by atoms with Gasteiger partial charge in [-0.25, -0.2) is 5.48 Å². The van der Waals surface area contributed by atoms with Gasteiger partial charge in [0.1, 0.15) is 5.75 Å². The zero-order valence-electron chi connectivity index (χ0n) is 11.4. The molecule has 0 bridgehead atoms. The van der Waals surface area contributed by atoms with Crippen LogP contribution in [0.4, 0.5) is 0 Å². The maximum Gasteiger partial charge on any atom is 0.247 e. The predicted octanol–water partition coefficient (Wildman–Crippen LogP) is 3.12. The van der Waals surface area contributed by atoms with Crippen LogP contribution < -0.4 is 10.2 Å². The largest absolute Gasteiger partial charge is 0.493 e. The molecule has 21 heavy (non-hydrogen) atoms. The zero-order chi connectivity index (χ0) is 15.1. The van der Waals surface area contributed by atoms with Crippen LogP contribution in [-0.2, 0) is 17.6 Å². The molecule has 0 radical (unpaired) electrons. The second-order valence-electron chi connectivity index (χ2n) is 4.55. The van der Waals surface area contributed by atoms with Crippen molar-refractivity contribution in [2.45, 2.75) is 12.8 Å². The smallest absolute Gasteiger partial charge is 0.247 e. The van der Waals surface area contributed by atoms with Crippen LogP contribution in [0.15, 0.2) is 53.0 Å². The average molecular weight is 350 g/mol. The van der Waals surface area contributed by atoms with Crippen molar-refractivity contribution in [3.05, 3.63) is 64.1 Å². The van der Waals surface area contributed by atoms with Crippen molar-refractivity contribution in [3.8, 4) is 5.75 Å². The summed E-state index contributed by atoms with van der Waals surface area (Å²) in [4.78, 5) is 11.0. The molecule has 0 atom stereocenters. The Morgan fingerprint density at radius 1 is 1.14 bits per heavy atom. The van der Waals surface area contributed by atoms with E-state index in [1.807, 2.05) is 42.5 Å². The summed E-state index contributed by atoms with van der Waals surface area (Å²) in [6.45, 7) is 0.582. The topological polar surface area (TPSA) is 58.6 Å². The van der Waals surface area contributed by atoms with E-state index in [0.29, 0.717) is 6.61 Å². The van der Waals surface area contributed by atoms with Gasteiger partial charge in [-0.3, -0.25) is 10.0 Å². The van der Waals surface area contributed by atoms with Gasteiger partial charge in [0.2, 0.25) is 5.91 Å². The number of hydroxylamine groups is 1. The number of nitrogens with one attached hydrogen (secondary N) is 1. The Hall–Kier alpha value is -1.85. The number of ether oxygens (including phenoxy) is 1. The predicted molar refractivity (Wildman–Crippen MR) is 83.4 cm³/mol. The second-order valence-corrected chi connectivity index (χ2v) is 5.40. The average Bonchev–Trinajstić information content (AvgIpc) is 2.51. The van der Waals surface area contributed by atoms with Gasteiger partial charge in [-0.15, -0.1) is 0 Å². The van der Waals surface area contributed by atoms with Crippen LogP contribution >= 0.6 is 15.9 Å². The van der Waals surface area contributed by atoms with E-state index in [9.17, 15) is 4.79 Å². The number of halogens is 1. The van der Waals surface area contributed by atoms with Crippen molar-refractivity contribution in [1.82, 2.24) is 5.48 Å². The monoisotopic (exact) mass is 349 g/mol. The normalized spacial score (nSPS) is 10.2. The molecule has 0 aliphatic rings. The first-order chi connectivity index (χ1) is 10.2. The first-order valence-corrected chi connectivity index (χ1v) is 7.36. The Labute approximate surface area is 131 Å². The van der Waals surface area contributed by atoms with E-state index in [1.165, 1.54) is 5.56 Å². The third-order valence-corrected chi connectivity index (χ3v) is 3.78. The van der Waals surface area contributed by atoms with Crippen molar-refractivity contribution in [2.75, 3.05) is 6.61 Å². The first kappa shape index (κ1) is 15.5. The lowest BCUT2D eigenvalue weighted by Gasteiger charge is -2.08. The number of carbonyl (C=O) groups excluding carboxylic acids is 1. The third-order valence-electron chi connectivity index (χ3n) is 3.01. The number of hydrogen-bond acceptors (Lipinski definition) is 3. The van der Waals surface area contributed by atoms with Crippen LogP contribution in [0.5, 0.6) is 5.75 Å². The van der Waals surface area contributed by atoms with Crippen molar-refractivity contribution in [1.29, 1.82) is 0 Å². The summed E-state index contributed by atoms with van der Waals surface area (Å²) in [6, 6.07) is 15.3. The quantitative estimate of drug-likeness (QED) is 0.622. The van der Waals surface area contributed by atoms with Crippen molar-refractivity contribution < 1.29 is 14.7 Å². The van der Waals surface area contributed by atoms with Gasteiger partial charge in [-0.1, -0.05) is 46.3 Å². The summed E-state index contributed by atoms with van der Waals surface area (Å²) < 4.78 is 6.76. The van der Waals surface area contributed by atoms with Crippen LogP contribution in [0.3, 0.4) is 0 Å². The molecule has 1 amide bonds. The van der Waals surface area contributed by atoms with Gasteiger partial charge < -0.3 is 4.74 Å². The summed E-state index contributed by atoms with van der Waals surface area (Å²) in [5, 5.41) is 8.47. The number of rotatable bonds is 6. The number of benzene rings is 2. The molecular formula is C16H16BrNO3. The molecular weight excluding hydrogens is 334 g/mol. The molecule has 5 heteroatoms. The Morgan fingerprint density at radius 3 is 2.52 bits per heavy atom. The van der Waals surface area contributed by atoms with E-state index in [1.54, 1.807) is 5.48 Å². The van der Waals surface area contributed by atoms with Crippen LogP contribution in [0.25, 0.3) is 0 Å². The van der Waals surface area contributed by atoms with Crippen LogP contribution in [0.1, 0.15) is 11.1 Å². The fraction of sp³-hybridized carbons (Fsp3) is 0.188. The molecule has 2 aromatic rings. The molecule has 0 heterocycles. The summed E-state index contributed by atoms with van der Waals surface area (Å²) in [5.41, 5.74) is 3.63. The SMILES string of the molecule is O=C(Cc1ccc(OCCc2ccccc2Br)cc1)NO. The fourth-order valence-corrected chi connectivity index (χ4v) is 2.39. The van der Waals surface area contributed by atoms with Crippen LogP contribution in [-0.4, -0.2) is 17.7 Å². The minimum absolute atomic E-state index is 0.147. The Balaban J connectivity index is 1.84. The van der Waals surface area contributed by atoms with Crippen molar-refractivity contribution in [2.24, 2.45) is 0 Å². The lowest BCUT2D eigenvalue weighted by molar-refractivity contribution is -0.128. The maximum absolute atomic E-state index is 11.0. The molecule has 2 rings (SSSR count). The van der Waals surface area contributed by atoms with Crippen molar-refractivity contribution in [3.63, 3.8) is 0 Å². The van der Waals surface area contributed by atoms with E-state index < -0.39 is 5.91 Å². The highest BCUT2D eigenvalue weighted by Crippen LogP contribution is 2.17. The highest BCUT2D eigenvalue weighted by atomic mass is 79.9. The molecule has 0 aliphatic carbocycles. The van der Waals surface area contributed by atoms with E-state index in [0.717, 1.165) is 22.2 Å². The van der Waals surface area contributed by atoms with Crippen molar-refractivity contribution >= 4 is 21.8 Å². The van der Waals surface area contributed by atoms with Gasteiger partial charge in [-0.05, 0) is 29.3 Å². The molecule has 0 spiro atoms. The summed E-state index contributed by atoms with van der Waals surface area (Å²) in [6.07, 6.45) is 0.962. The molecule has 110 valence electrons. The number of hydrogen-bond donors (Lipinski definition) is 2. The van der Waals surface area contributed by atoms with Gasteiger partial charge in [0, 0.05) is 10.9 Å². The van der Waals surface area contributed by atoms with E-state index in [4.69, 9.17) is 9.94 Å². The lowest BCUT2D eigenvalue weighted by atomic mass is 10.1. The lowest BCUT2D eigenvalue weighted by Crippen LogP contribution is -2.20. The standard InChI is InChI=1S/C16H16BrNO3/c17-15-4-2-1-3-13(15)9-10-21-14-7-5-12(6-8-14)11-16(19)18-20/h1-8,20H,9-11H2,(H,18,19). The molecule has 0 aromatic heterocycles. The Bertz CT molecular complexity index is 599. The molecule has 0 unspecified atom stereocenters. The third kappa shape index (κ3) is 4.88. The minimum Gasteiger partial charge on any atom is -0.493 e. The minimum atomic E-state index is -0.433. The summed E-state index contributed by atoms with van der Waals surface area (Å²) >= 11 is 3.51. The van der Waals surface area contributed by atoms with E-state index >= 15 is 0 Å². The number of carbonyl (C=O) groups is 1. The van der Waals surface area contributed by atoms with Gasteiger partial charge >= 0.3 is 0 Å². The summed E-state index contributed by atoms with van der Waals surface area (Å²) in [5.74, 6) is 0.327. The first-order valence-electron chi connectivity index (χ1n) is 6.57. The second kappa shape index (κ2) is 7.81. The Kier molecular flexibility index (Phi) is 5.78. The highest BCUT2D eigenvalue weighted by Gasteiger charge is 2.03. The number of amides is 1. The zero-order valence-corrected chi connectivity index (χ0v) is 13.0.